The Bertz CT molecular complexity index is 56.5. The molecular weight excluding hydrogens is 157 g/mol. The van der Waals surface area contributed by atoms with Crippen molar-refractivity contribution in [2.75, 3.05) is 13.2 Å². The summed E-state index contributed by atoms with van der Waals surface area (Å²) in [4.78, 5) is 0. The van der Waals surface area contributed by atoms with Gasteiger partial charge in [-0.1, -0.05) is 0 Å². The molecule has 7 heteroatoms. The van der Waals surface area contributed by atoms with Gasteiger partial charge in [0.2, 0.25) is 0 Å². The molecule has 0 aliphatic heterocycles. The minimum atomic E-state index is -2.86. The molecule has 9 heavy (non-hydrogen) atoms. The third-order valence-corrected chi connectivity index (χ3v) is 0.129. The van der Waals surface area contributed by atoms with Crippen LogP contribution in [0.25, 0.3) is 0 Å². The summed E-state index contributed by atoms with van der Waals surface area (Å²) in [5, 5.41) is 7.75. The van der Waals surface area contributed by atoms with E-state index in [2.05, 4.69) is 0 Å². The van der Waals surface area contributed by atoms with Crippen LogP contribution in [-0.2, 0) is 11.4 Å². The van der Waals surface area contributed by atoms with Gasteiger partial charge in [0.25, 0.3) is 0 Å². The van der Waals surface area contributed by atoms with Crippen LogP contribution in [0.1, 0.15) is 0 Å². The van der Waals surface area contributed by atoms with Gasteiger partial charge in [0.15, 0.2) is 0 Å². The summed E-state index contributed by atoms with van der Waals surface area (Å²) in [6.07, 6.45) is 0. The van der Waals surface area contributed by atoms with Gasteiger partial charge in [-0.25, -0.2) is 4.21 Å². The van der Waals surface area contributed by atoms with Gasteiger partial charge < -0.3 is 19.9 Å². The molecule has 0 aliphatic rings. The molecule has 0 heterocycles. The van der Waals surface area contributed by atoms with Crippen LogP contribution in [0.5, 0.6) is 0 Å². The van der Waals surface area contributed by atoms with Crippen LogP contribution in [0, 0.1) is 0 Å². The summed E-state index contributed by atoms with van der Waals surface area (Å²) in [6.45, 7) is 0.472. The fraction of sp³-hybridized carbons (Fsp3) is 1.00. The Labute approximate surface area is 78.0 Å². The van der Waals surface area contributed by atoms with Crippen molar-refractivity contribution in [1.29, 1.82) is 0 Å². The largest absolute Gasteiger partial charge is 1.00 e. The summed E-state index contributed by atoms with van der Waals surface area (Å²) in [5.74, 6) is 0. The Morgan fingerprint density at radius 2 is 1.78 bits per heavy atom. The molecule has 1 atom stereocenters. The fourth-order valence-corrected chi connectivity index (χ4v) is 0. The van der Waals surface area contributed by atoms with E-state index in [0.29, 0.717) is 6.54 Å². The Morgan fingerprint density at radius 3 is 1.78 bits per heavy atom. The first-order chi connectivity index (χ1) is 3.65. The first-order valence-corrected chi connectivity index (χ1v) is 2.77. The Morgan fingerprint density at radius 1 is 1.67 bits per heavy atom. The Kier molecular flexibility index (Phi) is 29.4. The van der Waals surface area contributed by atoms with Gasteiger partial charge in [-0.2, -0.15) is 0 Å². The second-order valence-electron chi connectivity index (χ2n) is 0.729. The van der Waals surface area contributed by atoms with Crippen molar-refractivity contribution in [1.82, 2.24) is 0 Å². The molecule has 0 saturated carbocycles. The molecular formula is C2H8NNaO4S. The van der Waals surface area contributed by atoms with E-state index in [4.69, 9.17) is 24.2 Å². The zero-order chi connectivity index (χ0) is 6.99. The second-order valence-corrected chi connectivity index (χ2v) is 1.16. The van der Waals surface area contributed by atoms with E-state index in [1.165, 1.54) is 0 Å². The number of hydrogen-bond acceptors (Lipinski definition) is 4. The summed E-state index contributed by atoms with van der Waals surface area (Å²) >= 11 is -2.86. The average Bonchev–Trinajstić information content (AvgIpc) is 1.65. The number of rotatable bonds is 1. The zero-order valence-electron chi connectivity index (χ0n) is 5.11. The Hall–Kier alpha value is 0.990. The van der Waals surface area contributed by atoms with E-state index in [1.807, 2.05) is 0 Å². The smallest absolute Gasteiger partial charge is 0.750 e. The van der Waals surface area contributed by atoms with Crippen LogP contribution in [0.15, 0.2) is 0 Å². The van der Waals surface area contributed by atoms with Crippen molar-refractivity contribution >= 4 is 11.4 Å². The van der Waals surface area contributed by atoms with Crippen LogP contribution in [0.2, 0.25) is 0 Å². The number of aliphatic hydroxyl groups excluding tert-OH is 1. The maximum Gasteiger partial charge on any atom is 1.00 e. The molecule has 0 aliphatic carbocycles. The van der Waals surface area contributed by atoms with Crippen molar-refractivity contribution in [3.05, 3.63) is 0 Å². The van der Waals surface area contributed by atoms with Crippen molar-refractivity contribution in [3.63, 3.8) is 0 Å². The van der Waals surface area contributed by atoms with E-state index >= 15 is 0 Å². The maximum absolute atomic E-state index is 8.56. The molecule has 0 aromatic carbocycles. The van der Waals surface area contributed by atoms with Gasteiger partial charge in [0.05, 0.1) is 18.0 Å². The van der Waals surface area contributed by atoms with Crippen LogP contribution in [0.3, 0.4) is 0 Å². The van der Waals surface area contributed by atoms with Gasteiger partial charge in [0.1, 0.15) is 0 Å². The van der Waals surface area contributed by atoms with Crippen LogP contribution in [-0.4, -0.2) is 31.6 Å². The van der Waals surface area contributed by atoms with Gasteiger partial charge in [-0.3, -0.25) is 0 Å². The average molecular weight is 165 g/mol. The fourth-order valence-electron chi connectivity index (χ4n) is 0. The molecule has 4 N–H and O–H groups in total. The predicted octanol–water partition coefficient (Wildman–Crippen LogP) is -4.72. The standard InChI is InChI=1S/C2H7NO.Na.H2O3S/c3-1-2-4;;1-4(2)3/h4H,1-3H2;;(H2,1,2,3)/q;+1;/p-1. The molecule has 1 unspecified atom stereocenters. The zero-order valence-corrected chi connectivity index (χ0v) is 7.93. The SMILES string of the molecule is NCCO.O=S([O-])O.[Na+]. The van der Waals surface area contributed by atoms with Crippen LogP contribution < -0.4 is 35.3 Å². The molecule has 0 saturated heterocycles. The summed E-state index contributed by atoms with van der Waals surface area (Å²) in [7, 11) is 0. The summed E-state index contributed by atoms with van der Waals surface area (Å²) < 4.78 is 24.1. The van der Waals surface area contributed by atoms with Gasteiger partial charge >= 0.3 is 29.6 Å². The molecule has 0 bridgehead atoms. The van der Waals surface area contributed by atoms with E-state index in [1.54, 1.807) is 0 Å². The summed E-state index contributed by atoms with van der Waals surface area (Å²) in [5.41, 5.74) is 4.78. The minimum absolute atomic E-state index is 0. The second kappa shape index (κ2) is 16.0. The van der Waals surface area contributed by atoms with Crippen molar-refractivity contribution in [2.45, 2.75) is 0 Å². The number of aliphatic hydroxyl groups is 1. The third-order valence-electron chi connectivity index (χ3n) is 0.129. The monoisotopic (exact) mass is 165 g/mol. The van der Waals surface area contributed by atoms with Gasteiger partial charge in [0, 0.05) is 6.54 Å². The van der Waals surface area contributed by atoms with Crippen LogP contribution in [0.4, 0.5) is 0 Å². The maximum atomic E-state index is 8.56. The van der Waals surface area contributed by atoms with E-state index in [-0.39, 0.29) is 36.2 Å². The topological polar surface area (TPSA) is 107 Å². The van der Waals surface area contributed by atoms with Crippen molar-refractivity contribution in [2.24, 2.45) is 5.73 Å². The van der Waals surface area contributed by atoms with Crippen LogP contribution >= 0.6 is 0 Å². The molecule has 0 aromatic heterocycles. The quantitative estimate of drug-likeness (QED) is 0.267. The van der Waals surface area contributed by atoms with Crippen molar-refractivity contribution in [3.8, 4) is 0 Å². The number of nitrogens with two attached hydrogens (primary N) is 1. The third kappa shape index (κ3) is 111. The summed E-state index contributed by atoms with van der Waals surface area (Å²) in [6, 6.07) is 0. The Balaban J connectivity index is -0.0000000720. The number of hydrogen-bond donors (Lipinski definition) is 3. The molecule has 0 radical (unpaired) electrons. The van der Waals surface area contributed by atoms with E-state index in [0.717, 1.165) is 0 Å². The van der Waals surface area contributed by atoms with Crippen molar-refractivity contribution < 1.29 is 48.0 Å². The first kappa shape index (κ1) is 16.5. The molecule has 0 rings (SSSR count). The molecule has 0 spiro atoms. The van der Waals surface area contributed by atoms with Gasteiger partial charge in [-0.05, 0) is 0 Å². The normalized spacial score (nSPS) is 10.2. The molecule has 5 nitrogen and oxygen atoms in total. The molecule has 0 fully saturated rings. The minimum Gasteiger partial charge on any atom is -0.750 e. The first-order valence-electron chi connectivity index (χ1n) is 1.74. The molecule has 0 amide bonds. The predicted molar refractivity (Wildman–Crippen MR) is 27.7 cm³/mol. The molecule has 0 aromatic rings. The molecule has 52 valence electrons. The van der Waals surface area contributed by atoms with E-state index < -0.39 is 11.4 Å². The van der Waals surface area contributed by atoms with E-state index in [9.17, 15) is 0 Å². The van der Waals surface area contributed by atoms with Gasteiger partial charge in [-0.15, -0.1) is 0 Å².